The molecule has 0 atom stereocenters. The van der Waals surface area contributed by atoms with E-state index in [1.165, 1.54) is 4.90 Å². The molecule has 0 unspecified atom stereocenters. The Balaban J connectivity index is 1.80. The number of likely N-dealkylation sites (N-methyl/N-ethyl adjacent to an activating group) is 1. The second-order valence-electron chi connectivity index (χ2n) is 7.28. The average molecular weight is 412 g/mol. The molecular weight excluding hydrogens is 388 g/mol. The molecule has 3 aromatic rings. The van der Waals surface area contributed by atoms with Crippen molar-refractivity contribution in [1.82, 2.24) is 0 Å². The Morgan fingerprint density at radius 1 is 0.839 bits per heavy atom. The van der Waals surface area contributed by atoms with Gasteiger partial charge in [0.1, 0.15) is 11.4 Å². The van der Waals surface area contributed by atoms with Crippen LogP contribution in [0.15, 0.2) is 90.6 Å². The number of para-hydroxylation sites is 1. The molecule has 0 N–H and O–H groups in total. The normalized spacial score (nSPS) is 13.7. The molecule has 0 saturated carbocycles. The molecule has 1 heterocycles. The lowest BCUT2D eigenvalue weighted by molar-refractivity contribution is -0.120. The predicted molar refractivity (Wildman–Crippen MR) is 123 cm³/mol. The van der Waals surface area contributed by atoms with E-state index in [0.717, 1.165) is 12.1 Å². The van der Waals surface area contributed by atoms with Gasteiger partial charge in [-0.15, -0.1) is 0 Å². The minimum Gasteiger partial charge on any atom is -0.494 e. The van der Waals surface area contributed by atoms with Gasteiger partial charge < -0.3 is 9.64 Å². The van der Waals surface area contributed by atoms with E-state index in [-0.39, 0.29) is 11.8 Å². The van der Waals surface area contributed by atoms with E-state index in [9.17, 15) is 9.59 Å². The summed E-state index contributed by atoms with van der Waals surface area (Å²) in [6.45, 7) is 2.60. The highest BCUT2D eigenvalue weighted by Crippen LogP contribution is 2.36. The Morgan fingerprint density at radius 2 is 1.52 bits per heavy atom. The highest BCUT2D eigenvalue weighted by atomic mass is 16.5. The minimum atomic E-state index is -0.358. The summed E-state index contributed by atoms with van der Waals surface area (Å²) in [6, 6.07) is 26.0. The predicted octanol–water partition coefficient (Wildman–Crippen LogP) is 4.90. The van der Waals surface area contributed by atoms with Crippen LogP contribution in [0.4, 0.5) is 11.4 Å². The van der Waals surface area contributed by atoms with Crippen molar-refractivity contribution in [3.8, 4) is 5.75 Å². The Labute approximate surface area is 182 Å². The summed E-state index contributed by atoms with van der Waals surface area (Å²) < 4.78 is 5.71. The zero-order chi connectivity index (χ0) is 21.8. The lowest BCUT2D eigenvalue weighted by Crippen LogP contribution is -2.34. The van der Waals surface area contributed by atoms with Crippen molar-refractivity contribution < 1.29 is 14.3 Å². The van der Waals surface area contributed by atoms with Crippen molar-refractivity contribution in [2.45, 2.75) is 13.3 Å². The number of benzene rings is 3. The molecule has 0 bridgehead atoms. The number of nitrogens with zero attached hydrogens (tertiary/aromatic N) is 2. The van der Waals surface area contributed by atoms with Gasteiger partial charge in [0.15, 0.2) is 0 Å². The smallest absolute Gasteiger partial charge is 0.282 e. The van der Waals surface area contributed by atoms with Gasteiger partial charge in [-0.1, -0.05) is 61.5 Å². The number of rotatable bonds is 7. The van der Waals surface area contributed by atoms with Crippen LogP contribution in [0.1, 0.15) is 18.9 Å². The number of hydrogen-bond donors (Lipinski definition) is 0. The molecule has 1 aliphatic rings. The second-order valence-corrected chi connectivity index (χ2v) is 7.28. The SMILES string of the molecule is CCCOc1cccc(N2C(=O)C(c3ccccc3)=C(N(C)c3ccccc3)C2=O)c1. The zero-order valence-electron chi connectivity index (χ0n) is 17.6. The van der Waals surface area contributed by atoms with Crippen LogP contribution in [0.25, 0.3) is 5.57 Å². The van der Waals surface area contributed by atoms with Crippen LogP contribution in [0.5, 0.6) is 5.75 Å². The van der Waals surface area contributed by atoms with Crippen molar-refractivity contribution in [1.29, 1.82) is 0 Å². The summed E-state index contributed by atoms with van der Waals surface area (Å²) in [6.07, 6.45) is 0.873. The lowest BCUT2D eigenvalue weighted by Gasteiger charge is -2.21. The van der Waals surface area contributed by atoms with Gasteiger partial charge in [0.05, 0.1) is 17.9 Å². The summed E-state index contributed by atoms with van der Waals surface area (Å²) in [5.74, 6) is -0.0736. The second kappa shape index (κ2) is 8.88. The van der Waals surface area contributed by atoms with Gasteiger partial charge in [0.25, 0.3) is 11.8 Å². The molecule has 0 saturated heterocycles. The Kier molecular flexibility index (Phi) is 5.85. The molecule has 0 spiro atoms. The van der Waals surface area contributed by atoms with Crippen LogP contribution < -0.4 is 14.5 Å². The molecule has 0 aliphatic carbocycles. The number of anilines is 2. The van der Waals surface area contributed by atoms with Gasteiger partial charge >= 0.3 is 0 Å². The zero-order valence-corrected chi connectivity index (χ0v) is 17.6. The molecule has 0 aromatic heterocycles. The van der Waals surface area contributed by atoms with Crippen LogP contribution in [-0.4, -0.2) is 25.5 Å². The maximum atomic E-state index is 13.6. The van der Waals surface area contributed by atoms with E-state index in [1.54, 1.807) is 23.1 Å². The fraction of sp³-hybridized carbons (Fsp3) is 0.154. The maximum absolute atomic E-state index is 13.6. The Hall–Kier alpha value is -3.86. The first-order chi connectivity index (χ1) is 15.1. The number of hydrogen-bond acceptors (Lipinski definition) is 4. The van der Waals surface area contributed by atoms with Crippen molar-refractivity contribution in [3.63, 3.8) is 0 Å². The van der Waals surface area contributed by atoms with Gasteiger partial charge in [-0.2, -0.15) is 0 Å². The Bertz CT molecular complexity index is 1120. The van der Waals surface area contributed by atoms with Crippen LogP contribution >= 0.6 is 0 Å². The van der Waals surface area contributed by atoms with Gasteiger partial charge in [0.2, 0.25) is 0 Å². The highest BCUT2D eigenvalue weighted by molar-refractivity contribution is 6.46. The summed E-state index contributed by atoms with van der Waals surface area (Å²) in [5.41, 5.74) is 2.76. The third-order valence-corrected chi connectivity index (χ3v) is 5.15. The first kappa shape index (κ1) is 20.4. The first-order valence-electron chi connectivity index (χ1n) is 10.3. The number of carbonyl (C=O) groups excluding carboxylic acids is 2. The molecule has 3 aromatic carbocycles. The van der Waals surface area contributed by atoms with Crippen LogP contribution in [0.3, 0.4) is 0 Å². The van der Waals surface area contributed by atoms with Crippen molar-refractivity contribution in [2.75, 3.05) is 23.5 Å². The molecule has 31 heavy (non-hydrogen) atoms. The Morgan fingerprint density at radius 3 is 2.19 bits per heavy atom. The maximum Gasteiger partial charge on any atom is 0.282 e. The molecule has 4 rings (SSSR count). The fourth-order valence-corrected chi connectivity index (χ4v) is 3.64. The van der Waals surface area contributed by atoms with E-state index in [0.29, 0.717) is 34.9 Å². The van der Waals surface area contributed by atoms with Crippen LogP contribution in [0.2, 0.25) is 0 Å². The van der Waals surface area contributed by atoms with Gasteiger partial charge in [-0.3, -0.25) is 9.59 Å². The molecule has 1 aliphatic heterocycles. The summed E-state index contributed by atoms with van der Waals surface area (Å²) >= 11 is 0. The van der Waals surface area contributed by atoms with Crippen molar-refractivity contribution in [3.05, 3.63) is 96.2 Å². The topological polar surface area (TPSA) is 49.9 Å². The molecule has 0 fully saturated rings. The summed E-state index contributed by atoms with van der Waals surface area (Å²) in [7, 11) is 1.81. The number of carbonyl (C=O) groups is 2. The fourth-order valence-electron chi connectivity index (χ4n) is 3.64. The summed E-state index contributed by atoms with van der Waals surface area (Å²) in [5, 5.41) is 0. The van der Waals surface area contributed by atoms with E-state index < -0.39 is 0 Å². The largest absolute Gasteiger partial charge is 0.494 e. The number of imide groups is 1. The van der Waals surface area contributed by atoms with Gasteiger partial charge in [0, 0.05) is 18.8 Å². The number of ether oxygens (including phenoxy) is 1. The third-order valence-electron chi connectivity index (χ3n) is 5.15. The molecule has 2 amide bonds. The standard InChI is InChI=1S/C26H24N2O3/c1-3-17-31-22-16-10-15-21(18-22)28-25(29)23(19-11-6-4-7-12-19)24(26(28)30)27(2)20-13-8-5-9-14-20/h4-16,18H,3,17H2,1-2H3. The minimum absolute atomic E-state index is 0.346. The quantitative estimate of drug-likeness (QED) is 0.518. The third kappa shape index (κ3) is 3.94. The molecular formula is C26H24N2O3. The molecule has 0 radical (unpaired) electrons. The van der Waals surface area contributed by atoms with Gasteiger partial charge in [-0.25, -0.2) is 4.90 Å². The van der Waals surface area contributed by atoms with E-state index >= 15 is 0 Å². The lowest BCUT2D eigenvalue weighted by atomic mass is 10.0. The van der Waals surface area contributed by atoms with Crippen molar-refractivity contribution >= 4 is 28.8 Å². The molecule has 5 heteroatoms. The highest BCUT2D eigenvalue weighted by Gasteiger charge is 2.42. The van der Waals surface area contributed by atoms with E-state index in [1.807, 2.05) is 80.7 Å². The monoisotopic (exact) mass is 412 g/mol. The van der Waals surface area contributed by atoms with E-state index in [2.05, 4.69) is 0 Å². The number of amides is 2. The average Bonchev–Trinajstić information content (AvgIpc) is 3.08. The summed E-state index contributed by atoms with van der Waals surface area (Å²) in [4.78, 5) is 30.2. The van der Waals surface area contributed by atoms with Crippen LogP contribution in [-0.2, 0) is 9.59 Å². The molecule has 156 valence electrons. The van der Waals surface area contributed by atoms with E-state index in [4.69, 9.17) is 4.74 Å². The van der Waals surface area contributed by atoms with Gasteiger partial charge in [-0.05, 0) is 36.2 Å². The molecule has 5 nitrogen and oxygen atoms in total. The van der Waals surface area contributed by atoms with Crippen molar-refractivity contribution in [2.24, 2.45) is 0 Å². The van der Waals surface area contributed by atoms with Crippen LogP contribution in [0, 0.1) is 0 Å². The first-order valence-corrected chi connectivity index (χ1v) is 10.3.